The highest BCUT2D eigenvalue weighted by molar-refractivity contribution is 6.31. The molecular formula is C18H13ClO2. The zero-order valence-corrected chi connectivity index (χ0v) is 12.0. The van der Waals surface area contributed by atoms with E-state index < -0.39 is 0 Å². The average molecular weight is 297 g/mol. The Bertz CT molecular complexity index is 796. The van der Waals surface area contributed by atoms with Crippen molar-refractivity contribution in [1.29, 1.82) is 0 Å². The Labute approximate surface area is 127 Å². The van der Waals surface area contributed by atoms with Gasteiger partial charge in [-0.25, -0.2) is 0 Å². The number of esters is 1. The van der Waals surface area contributed by atoms with Gasteiger partial charge in [-0.2, -0.15) is 0 Å². The highest BCUT2D eigenvalue weighted by Gasteiger charge is 2.09. The third kappa shape index (κ3) is 3.23. The minimum Gasteiger partial charge on any atom is -0.426 e. The summed E-state index contributed by atoms with van der Waals surface area (Å²) in [5, 5.41) is 2.73. The molecule has 0 aliphatic carbocycles. The number of carbonyl (C=O) groups is 1. The summed E-state index contributed by atoms with van der Waals surface area (Å²) in [6.45, 7) is 0. The Kier molecular flexibility index (Phi) is 3.89. The maximum absolute atomic E-state index is 12.0. The molecule has 0 saturated carbocycles. The summed E-state index contributed by atoms with van der Waals surface area (Å²) in [5.74, 6) is 0.226. The Morgan fingerprint density at radius 1 is 0.905 bits per heavy atom. The van der Waals surface area contributed by atoms with Crippen LogP contribution in [0, 0.1) is 0 Å². The minimum absolute atomic E-state index is 0.159. The summed E-state index contributed by atoms with van der Waals surface area (Å²) >= 11 is 6.04. The Hall–Kier alpha value is -2.32. The molecule has 3 aromatic rings. The molecule has 0 aliphatic heterocycles. The van der Waals surface area contributed by atoms with E-state index in [0.29, 0.717) is 10.8 Å². The van der Waals surface area contributed by atoms with Crippen molar-refractivity contribution in [2.45, 2.75) is 6.42 Å². The molecular weight excluding hydrogens is 284 g/mol. The Morgan fingerprint density at radius 3 is 2.43 bits per heavy atom. The fourth-order valence-corrected chi connectivity index (χ4v) is 2.40. The first-order valence-corrected chi connectivity index (χ1v) is 7.03. The first-order chi connectivity index (χ1) is 10.2. The quantitative estimate of drug-likeness (QED) is 0.520. The lowest BCUT2D eigenvalue weighted by molar-refractivity contribution is -0.133. The molecule has 0 aliphatic rings. The molecule has 0 heterocycles. The molecule has 0 fully saturated rings. The summed E-state index contributed by atoms with van der Waals surface area (Å²) in [6.07, 6.45) is 0.159. The van der Waals surface area contributed by atoms with Crippen molar-refractivity contribution in [3.05, 3.63) is 77.3 Å². The van der Waals surface area contributed by atoms with Crippen LogP contribution in [-0.2, 0) is 11.2 Å². The van der Waals surface area contributed by atoms with Gasteiger partial charge in [0.1, 0.15) is 5.75 Å². The smallest absolute Gasteiger partial charge is 0.315 e. The summed E-state index contributed by atoms with van der Waals surface area (Å²) in [5.41, 5.74) is 0.768. The van der Waals surface area contributed by atoms with E-state index in [9.17, 15) is 4.79 Å². The third-order valence-electron chi connectivity index (χ3n) is 3.25. The van der Waals surface area contributed by atoms with Crippen LogP contribution in [0.4, 0.5) is 0 Å². The lowest BCUT2D eigenvalue weighted by Gasteiger charge is -2.07. The molecule has 3 aromatic carbocycles. The molecule has 0 saturated heterocycles. The number of rotatable bonds is 3. The van der Waals surface area contributed by atoms with E-state index >= 15 is 0 Å². The van der Waals surface area contributed by atoms with Crippen molar-refractivity contribution in [3.63, 3.8) is 0 Å². The third-order valence-corrected chi connectivity index (χ3v) is 3.61. The number of carbonyl (C=O) groups excluding carboxylic acids is 1. The monoisotopic (exact) mass is 296 g/mol. The topological polar surface area (TPSA) is 26.3 Å². The maximum atomic E-state index is 12.0. The molecule has 3 rings (SSSR count). The van der Waals surface area contributed by atoms with Gasteiger partial charge in [0.25, 0.3) is 0 Å². The van der Waals surface area contributed by atoms with Gasteiger partial charge in [-0.1, -0.05) is 60.1 Å². The fourth-order valence-electron chi connectivity index (χ4n) is 2.20. The van der Waals surface area contributed by atoms with Crippen LogP contribution in [0.3, 0.4) is 0 Å². The van der Waals surface area contributed by atoms with Crippen LogP contribution in [0.15, 0.2) is 66.7 Å². The highest BCUT2D eigenvalue weighted by Crippen LogP contribution is 2.21. The molecule has 0 aromatic heterocycles. The first kappa shape index (κ1) is 13.7. The molecule has 21 heavy (non-hydrogen) atoms. The number of halogens is 1. The molecule has 104 valence electrons. The van der Waals surface area contributed by atoms with E-state index in [1.807, 2.05) is 54.6 Å². The van der Waals surface area contributed by atoms with Crippen molar-refractivity contribution < 1.29 is 9.53 Å². The predicted molar refractivity (Wildman–Crippen MR) is 84.7 cm³/mol. The van der Waals surface area contributed by atoms with Gasteiger partial charge >= 0.3 is 5.97 Å². The van der Waals surface area contributed by atoms with E-state index in [2.05, 4.69) is 0 Å². The van der Waals surface area contributed by atoms with Crippen LogP contribution >= 0.6 is 11.6 Å². The minimum atomic E-state index is -0.321. The van der Waals surface area contributed by atoms with Crippen molar-refractivity contribution in [1.82, 2.24) is 0 Å². The van der Waals surface area contributed by atoms with E-state index in [0.717, 1.165) is 16.3 Å². The highest BCUT2D eigenvalue weighted by atomic mass is 35.5. The number of ether oxygens (including phenoxy) is 1. The molecule has 0 bridgehead atoms. The summed E-state index contributed by atoms with van der Waals surface area (Å²) in [4.78, 5) is 12.0. The summed E-state index contributed by atoms with van der Waals surface area (Å²) < 4.78 is 5.38. The van der Waals surface area contributed by atoms with E-state index in [4.69, 9.17) is 16.3 Å². The number of hydrogen-bond donors (Lipinski definition) is 0. The lowest BCUT2D eigenvalue weighted by Crippen LogP contribution is -2.11. The van der Waals surface area contributed by atoms with Crippen molar-refractivity contribution in [2.75, 3.05) is 0 Å². The van der Waals surface area contributed by atoms with Crippen LogP contribution in [0.2, 0.25) is 5.02 Å². The SMILES string of the molecule is O=C(Cc1ccccc1Cl)Oc1ccc2ccccc2c1. The lowest BCUT2D eigenvalue weighted by atomic mass is 10.1. The summed E-state index contributed by atoms with van der Waals surface area (Å²) in [6, 6.07) is 20.8. The largest absolute Gasteiger partial charge is 0.426 e. The van der Waals surface area contributed by atoms with Gasteiger partial charge in [-0.15, -0.1) is 0 Å². The van der Waals surface area contributed by atoms with Crippen LogP contribution in [0.25, 0.3) is 10.8 Å². The van der Waals surface area contributed by atoms with Crippen LogP contribution < -0.4 is 4.74 Å². The summed E-state index contributed by atoms with van der Waals surface area (Å²) in [7, 11) is 0. The second kappa shape index (κ2) is 5.98. The second-order valence-electron chi connectivity index (χ2n) is 4.75. The Morgan fingerprint density at radius 2 is 1.62 bits per heavy atom. The molecule has 2 nitrogen and oxygen atoms in total. The van der Waals surface area contributed by atoms with Gasteiger partial charge in [0.05, 0.1) is 6.42 Å². The van der Waals surface area contributed by atoms with Gasteiger partial charge < -0.3 is 4.74 Å². The number of hydrogen-bond acceptors (Lipinski definition) is 2. The Balaban J connectivity index is 1.75. The number of benzene rings is 3. The standard InChI is InChI=1S/C18H13ClO2/c19-17-8-4-3-7-15(17)12-18(20)21-16-10-9-13-5-1-2-6-14(13)11-16/h1-11H,12H2. The first-order valence-electron chi connectivity index (χ1n) is 6.65. The maximum Gasteiger partial charge on any atom is 0.315 e. The zero-order chi connectivity index (χ0) is 14.7. The molecule has 0 amide bonds. The zero-order valence-electron chi connectivity index (χ0n) is 11.3. The van der Waals surface area contributed by atoms with Crippen LogP contribution in [0.1, 0.15) is 5.56 Å². The van der Waals surface area contributed by atoms with Gasteiger partial charge in [-0.3, -0.25) is 4.79 Å². The van der Waals surface area contributed by atoms with Crippen LogP contribution in [0.5, 0.6) is 5.75 Å². The van der Waals surface area contributed by atoms with Gasteiger partial charge in [0, 0.05) is 5.02 Å². The fraction of sp³-hybridized carbons (Fsp3) is 0.0556. The molecule has 3 heteroatoms. The molecule has 0 unspecified atom stereocenters. The molecule has 0 spiro atoms. The van der Waals surface area contributed by atoms with E-state index in [1.165, 1.54) is 0 Å². The normalized spacial score (nSPS) is 10.5. The van der Waals surface area contributed by atoms with Gasteiger partial charge in [-0.05, 0) is 34.5 Å². The predicted octanol–water partition coefficient (Wildman–Crippen LogP) is 4.64. The van der Waals surface area contributed by atoms with Crippen LogP contribution in [-0.4, -0.2) is 5.97 Å². The van der Waals surface area contributed by atoms with Gasteiger partial charge in [0.15, 0.2) is 0 Å². The number of fused-ring (bicyclic) bond motifs is 1. The van der Waals surface area contributed by atoms with Crippen molar-refractivity contribution >= 4 is 28.3 Å². The van der Waals surface area contributed by atoms with Crippen molar-refractivity contribution in [2.24, 2.45) is 0 Å². The second-order valence-corrected chi connectivity index (χ2v) is 5.16. The van der Waals surface area contributed by atoms with E-state index in [-0.39, 0.29) is 12.4 Å². The molecule has 0 N–H and O–H groups in total. The molecule has 0 atom stereocenters. The molecule has 0 radical (unpaired) electrons. The van der Waals surface area contributed by atoms with E-state index in [1.54, 1.807) is 12.1 Å². The average Bonchev–Trinajstić information content (AvgIpc) is 2.49. The van der Waals surface area contributed by atoms with Gasteiger partial charge in [0.2, 0.25) is 0 Å². The van der Waals surface area contributed by atoms with Crippen molar-refractivity contribution in [3.8, 4) is 5.75 Å².